The summed E-state index contributed by atoms with van der Waals surface area (Å²) in [4.78, 5) is 10.7. The lowest BCUT2D eigenvalue weighted by Gasteiger charge is -2.07. The summed E-state index contributed by atoms with van der Waals surface area (Å²) in [5.74, 6) is -0.923. The maximum atomic E-state index is 10.7. The molecular formula is C9H9ClO4. The van der Waals surface area contributed by atoms with Gasteiger partial charge in [-0.3, -0.25) is 0 Å². The number of carboxylic acids is 1. The van der Waals surface area contributed by atoms with Crippen LogP contribution in [0.15, 0.2) is 18.2 Å². The average Bonchev–Trinajstić information content (AvgIpc) is 2.14. The Kier molecular flexibility index (Phi) is 3.73. The van der Waals surface area contributed by atoms with Gasteiger partial charge in [0.2, 0.25) is 0 Å². The Morgan fingerprint density at radius 1 is 1.50 bits per heavy atom. The average molecular weight is 217 g/mol. The topological polar surface area (TPSA) is 66.8 Å². The molecule has 0 aliphatic carbocycles. The van der Waals surface area contributed by atoms with Crippen molar-refractivity contribution in [2.75, 3.05) is 13.2 Å². The van der Waals surface area contributed by atoms with Crippen molar-refractivity contribution < 1.29 is 19.7 Å². The van der Waals surface area contributed by atoms with Gasteiger partial charge in [-0.15, -0.1) is 0 Å². The number of ether oxygens (including phenoxy) is 1. The van der Waals surface area contributed by atoms with Crippen LogP contribution in [-0.2, 0) is 0 Å². The van der Waals surface area contributed by atoms with Gasteiger partial charge in [0.25, 0.3) is 0 Å². The zero-order chi connectivity index (χ0) is 10.6. The van der Waals surface area contributed by atoms with Gasteiger partial charge in [-0.1, -0.05) is 11.6 Å². The van der Waals surface area contributed by atoms with E-state index in [0.717, 1.165) is 0 Å². The van der Waals surface area contributed by atoms with E-state index >= 15 is 0 Å². The minimum Gasteiger partial charge on any atom is -0.490 e. The van der Waals surface area contributed by atoms with Crippen LogP contribution >= 0.6 is 11.6 Å². The predicted octanol–water partition coefficient (Wildman–Crippen LogP) is 1.41. The Balaban J connectivity index is 2.97. The van der Waals surface area contributed by atoms with E-state index in [1.165, 1.54) is 18.2 Å². The molecule has 0 fully saturated rings. The number of carboxylic acid groups (broad SMARTS) is 1. The molecule has 1 rings (SSSR count). The SMILES string of the molecule is O=C(O)c1ccc(Cl)cc1OCCO. The molecule has 0 aliphatic rings. The summed E-state index contributed by atoms with van der Waals surface area (Å²) >= 11 is 5.67. The molecule has 1 aromatic carbocycles. The Morgan fingerprint density at radius 2 is 2.21 bits per heavy atom. The van der Waals surface area contributed by atoms with Crippen LogP contribution in [0.3, 0.4) is 0 Å². The third-order valence-electron chi connectivity index (χ3n) is 1.52. The molecule has 0 spiro atoms. The van der Waals surface area contributed by atoms with Crippen LogP contribution in [0.4, 0.5) is 0 Å². The third kappa shape index (κ3) is 2.61. The third-order valence-corrected chi connectivity index (χ3v) is 1.76. The summed E-state index contributed by atoms with van der Waals surface area (Å²) in [5.41, 5.74) is 0.0304. The number of aliphatic hydroxyl groups excluding tert-OH is 1. The van der Waals surface area contributed by atoms with Gasteiger partial charge in [-0.2, -0.15) is 0 Å². The molecule has 0 unspecified atom stereocenters. The molecule has 0 atom stereocenters. The summed E-state index contributed by atoms with van der Waals surface area (Å²) in [6.07, 6.45) is 0. The van der Waals surface area contributed by atoms with Crippen LogP contribution in [-0.4, -0.2) is 29.4 Å². The Labute approximate surface area is 85.7 Å². The number of aliphatic hydroxyl groups is 1. The largest absolute Gasteiger partial charge is 0.490 e. The molecule has 0 heterocycles. The van der Waals surface area contributed by atoms with E-state index < -0.39 is 5.97 Å². The second kappa shape index (κ2) is 4.83. The molecule has 2 N–H and O–H groups in total. The van der Waals surface area contributed by atoms with Gasteiger partial charge >= 0.3 is 5.97 Å². The number of hydrogen-bond donors (Lipinski definition) is 2. The molecule has 5 heteroatoms. The van der Waals surface area contributed by atoms with Crippen molar-refractivity contribution in [3.8, 4) is 5.75 Å². The number of halogens is 1. The minimum atomic E-state index is -1.09. The van der Waals surface area contributed by atoms with Gasteiger partial charge in [0.1, 0.15) is 17.9 Å². The van der Waals surface area contributed by atoms with E-state index in [2.05, 4.69) is 0 Å². The molecule has 4 nitrogen and oxygen atoms in total. The molecule has 0 saturated heterocycles. The number of aromatic carboxylic acids is 1. The lowest BCUT2D eigenvalue weighted by atomic mass is 10.2. The quantitative estimate of drug-likeness (QED) is 0.799. The van der Waals surface area contributed by atoms with Crippen molar-refractivity contribution in [1.82, 2.24) is 0 Å². The van der Waals surface area contributed by atoms with Crippen molar-refractivity contribution in [3.05, 3.63) is 28.8 Å². The summed E-state index contributed by atoms with van der Waals surface area (Å²) in [5, 5.41) is 17.7. The summed E-state index contributed by atoms with van der Waals surface area (Å²) in [6, 6.07) is 4.23. The van der Waals surface area contributed by atoms with Gasteiger partial charge in [0, 0.05) is 5.02 Å². The highest BCUT2D eigenvalue weighted by Gasteiger charge is 2.11. The normalized spacial score (nSPS) is 9.86. The van der Waals surface area contributed by atoms with Crippen molar-refractivity contribution in [2.45, 2.75) is 0 Å². The first-order valence-electron chi connectivity index (χ1n) is 3.91. The highest BCUT2D eigenvalue weighted by Crippen LogP contribution is 2.23. The van der Waals surface area contributed by atoms with Gasteiger partial charge in [0.15, 0.2) is 0 Å². The standard InChI is InChI=1S/C9H9ClO4/c10-6-1-2-7(9(12)13)8(5-6)14-4-3-11/h1-2,5,11H,3-4H2,(H,12,13). The van der Waals surface area contributed by atoms with E-state index in [-0.39, 0.29) is 24.5 Å². The summed E-state index contributed by atoms with van der Waals surface area (Å²) in [6.45, 7) is -0.133. The van der Waals surface area contributed by atoms with Gasteiger partial charge in [0.05, 0.1) is 6.61 Å². The molecule has 0 aromatic heterocycles. The maximum Gasteiger partial charge on any atom is 0.339 e. The zero-order valence-corrected chi connectivity index (χ0v) is 7.99. The number of benzene rings is 1. The fourth-order valence-corrected chi connectivity index (χ4v) is 1.11. The van der Waals surface area contributed by atoms with Crippen LogP contribution in [0.1, 0.15) is 10.4 Å². The molecule has 14 heavy (non-hydrogen) atoms. The fraction of sp³-hybridized carbons (Fsp3) is 0.222. The van der Waals surface area contributed by atoms with Crippen LogP contribution in [0.2, 0.25) is 5.02 Å². The summed E-state index contributed by atoms with van der Waals surface area (Å²) < 4.78 is 5.01. The van der Waals surface area contributed by atoms with Gasteiger partial charge in [-0.25, -0.2) is 4.79 Å². The Hall–Kier alpha value is -1.26. The number of carbonyl (C=O) groups is 1. The lowest BCUT2D eigenvalue weighted by Crippen LogP contribution is -2.06. The zero-order valence-electron chi connectivity index (χ0n) is 7.24. The minimum absolute atomic E-state index is 0.0304. The van der Waals surface area contributed by atoms with E-state index in [1.807, 2.05) is 0 Å². The van der Waals surface area contributed by atoms with E-state index in [1.54, 1.807) is 0 Å². The van der Waals surface area contributed by atoms with Gasteiger partial charge in [-0.05, 0) is 18.2 Å². The highest BCUT2D eigenvalue weighted by molar-refractivity contribution is 6.30. The van der Waals surface area contributed by atoms with E-state index in [9.17, 15) is 4.79 Å². The molecule has 0 radical (unpaired) electrons. The van der Waals surface area contributed by atoms with E-state index in [4.69, 9.17) is 26.6 Å². The molecular weight excluding hydrogens is 208 g/mol. The molecule has 0 saturated carbocycles. The summed E-state index contributed by atoms with van der Waals surface area (Å²) in [7, 11) is 0. The van der Waals surface area contributed by atoms with Crippen molar-refractivity contribution in [1.29, 1.82) is 0 Å². The Morgan fingerprint density at radius 3 is 2.79 bits per heavy atom. The van der Waals surface area contributed by atoms with Gasteiger partial charge < -0.3 is 14.9 Å². The molecule has 0 amide bonds. The van der Waals surface area contributed by atoms with Crippen molar-refractivity contribution in [3.63, 3.8) is 0 Å². The number of hydrogen-bond acceptors (Lipinski definition) is 3. The maximum absolute atomic E-state index is 10.7. The molecule has 1 aromatic rings. The first-order chi connectivity index (χ1) is 6.65. The first-order valence-corrected chi connectivity index (χ1v) is 4.29. The second-order valence-corrected chi connectivity index (χ2v) is 2.95. The monoisotopic (exact) mass is 216 g/mol. The van der Waals surface area contributed by atoms with Crippen LogP contribution in [0, 0.1) is 0 Å². The van der Waals surface area contributed by atoms with Crippen molar-refractivity contribution >= 4 is 17.6 Å². The number of rotatable bonds is 4. The lowest BCUT2D eigenvalue weighted by molar-refractivity contribution is 0.0691. The van der Waals surface area contributed by atoms with Crippen LogP contribution < -0.4 is 4.74 Å². The molecule has 0 aliphatic heterocycles. The van der Waals surface area contributed by atoms with E-state index in [0.29, 0.717) is 5.02 Å². The smallest absolute Gasteiger partial charge is 0.339 e. The molecule has 0 bridgehead atoms. The first kappa shape index (κ1) is 10.8. The second-order valence-electron chi connectivity index (χ2n) is 2.52. The fourth-order valence-electron chi connectivity index (χ4n) is 0.948. The highest BCUT2D eigenvalue weighted by atomic mass is 35.5. The van der Waals surface area contributed by atoms with Crippen LogP contribution in [0.5, 0.6) is 5.75 Å². The Bertz CT molecular complexity index is 338. The molecule has 76 valence electrons. The van der Waals surface area contributed by atoms with Crippen LogP contribution in [0.25, 0.3) is 0 Å². The van der Waals surface area contributed by atoms with Crippen molar-refractivity contribution in [2.24, 2.45) is 0 Å². The predicted molar refractivity (Wildman–Crippen MR) is 51.0 cm³/mol.